The molecule has 0 aromatic rings. The maximum absolute atomic E-state index is 7.56. The Kier molecular flexibility index (Phi) is 3.06. The van der Waals surface area contributed by atoms with Crippen LogP contribution in [0.3, 0.4) is 0 Å². The Morgan fingerprint density at radius 3 is 3.00 bits per heavy atom. The number of nitrogens with zero attached hydrogens (tertiary/aromatic N) is 2. The molecule has 13 heavy (non-hydrogen) atoms. The summed E-state index contributed by atoms with van der Waals surface area (Å²) in [6, 6.07) is 0.0451. The summed E-state index contributed by atoms with van der Waals surface area (Å²) < 4.78 is 5.21. The van der Waals surface area contributed by atoms with Gasteiger partial charge in [0.1, 0.15) is 11.8 Å². The standard InChI is InChI=1S/C9H15N3O/c1-11-12(2)8-6-7(10)4-5-9(8)13-3/h5,8,10H,1,4,6H2,2-3H3. The van der Waals surface area contributed by atoms with E-state index in [1.807, 2.05) is 13.1 Å². The first kappa shape index (κ1) is 9.77. The van der Waals surface area contributed by atoms with Crippen LogP contribution in [0.25, 0.3) is 0 Å². The van der Waals surface area contributed by atoms with Gasteiger partial charge in [0.2, 0.25) is 0 Å². The van der Waals surface area contributed by atoms with E-state index in [0.29, 0.717) is 18.6 Å². The minimum absolute atomic E-state index is 0.0451. The molecule has 0 saturated heterocycles. The van der Waals surface area contributed by atoms with Crippen molar-refractivity contribution < 1.29 is 4.74 Å². The fraction of sp³-hybridized carbons (Fsp3) is 0.556. The topological polar surface area (TPSA) is 48.7 Å². The molecule has 1 atom stereocenters. The third kappa shape index (κ3) is 2.08. The van der Waals surface area contributed by atoms with Crippen LogP contribution in [0.2, 0.25) is 0 Å². The van der Waals surface area contributed by atoms with Crippen LogP contribution < -0.4 is 0 Å². The van der Waals surface area contributed by atoms with Crippen LogP contribution >= 0.6 is 0 Å². The average molecular weight is 181 g/mol. The van der Waals surface area contributed by atoms with E-state index in [1.165, 1.54) is 0 Å². The predicted octanol–water partition coefficient (Wildman–Crippen LogP) is 1.25. The van der Waals surface area contributed by atoms with Gasteiger partial charge in [-0.2, -0.15) is 5.10 Å². The number of likely N-dealkylation sites (N-methyl/N-ethyl adjacent to an activating group) is 1. The molecule has 0 aromatic carbocycles. The molecule has 0 amide bonds. The van der Waals surface area contributed by atoms with E-state index in [9.17, 15) is 0 Å². The van der Waals surface area contributed by atoms with Gasteiger partial charge in [-0.3, -0.25) is 5.01 Å². The molecule has 0 bridgehead atoms. The Labute approximate surface area is 78.4 Å². The number of ether oxygens (including phenoxy) is 1. The van der Waals surface area contributed by atoms with E-state index in [1.54, 1.807) is 12.1 Å². The Bertz CT molecular complexity index is 247. The Morgan fingerprint density at radius 1 is 1.77 bits per heavy atom. The van der Waals surface area contributed by atoms with Gasteiger partial charge in [0.05, 0.1) is 7.11 Å². The van der Waals surface area contributed by atoms with E-state index in [2.05, 4.69) is 11.8 Å². The Morgan fingerprint density at radius 2 is 2.46 bits per heavy atom. The summed E-state index contributed by atoms with van der Waals surface area (Å²) in [6.07, 6.45) is 3.29. The van der Waals surface area contributed by atoms with Gasteiger partial charge >= 0.3 is 0 Å². The van der Waals surface area contributed by atoms with Gasteiger partial charge in [-0.25, -0.2) is 0 Å². The number of hydrazone groups is 1. The monoisotopic (exact) mass is 181 g/mol. The Balaban J connectivity index is 2.79. The van der Waals surface area contributed by atoms with Gasteiger partial charge in [0, 0.05) is 32.3 Å². The van der Waals surface area contributed by atoms with Crippen LogP contribution in [0.5, 0.6) is 0 Å². The summed E-state index contributed by atoms with van der Waals surface area (Å²) >= 11 is 0. The summed E-state index contributed by atoms with van der Waals surface area (Å²) in [4.78, 5) is 0. The number of hydrogen-bond donors (Lipinski definition) is 1. The highest BCUT2D eigenvalue weighted by atomic mass is 16.5. The van der Waals surface area contributed by atoms with Crippen molar-refractivity contribution >= 4 is 12.4 Å². The van der Waals surface area contributed by atoms with E-state index in [4.69, 9.17) is 10.1 Å². The number of rotatable bonds is 3. The highest BCUT2D eigenvalue weighted by molar-refractivity contribution is 5.84. The van der Waals surface area contributed by atoms with Crippen molar-refractivity contribution in [3.05, 3.63) is 11.8 Å². The highest BCUT2D eigenvalue weighted by Gasteiger charge is 2.24. The second-order valence-corrected chi connectivity index (χ2v) is 3.05. The van der Waals surface area contributed by atoms with Crippen molar-refractivity contribution in [1.82, 2.24) is 5.01 Å². The van der Waals surface area contributed by atoms with Crippen LogP contribution in [0.1, 0.15) is 12.8 Å². The summed E-state index contributed by atoms with van der Waals surface area (Å²) in [5.41, 5.74) is 0.710. The summed E-state index contributed by atoms with van der Waals surface area (Å²) in [6.45, 7) is 3.45. The largest absolute Gasteiger partial charge is 0.499 e. The summed E-state index contributed by atoms with van der Waals surface area (Å²) in [7, 11) is 3.48. The molecule has 0 fully saturated rings. The lowest BCUT2D eigenvalue weighted by atomic mass is 9.98. The second kappa shape index (κ2) is 4.07. The van der Waals surface area contributed by atoms with Crippen molar-refractivity contribution in [2.24, 2.45) is 5.10 Å². The Hall–Kier alpha value is -1.32. The quantitative estimate of drug-likeness (QED) is 0.526. The van der Waals surface area contributed by atoms with Crippen LogP contribution in [-0.2, 0) is 4.74 Å². The smallest absolute Gasteiger partial charge is 0.116 e. The number of allylic oxidation sites excluding steroid dienone is 1. The van der Waals surface area contributed by atoms with Crippen LogP contribution in [-0.4, -0.2) is 37.6 Å². The predicted molar refractivity (Wildman–Crippen MR) is 53.2 cm³/mol. The van der Waals surface area contributed by atoms with Crippen molar-refractivity contribution in [3.63, 3.8) is 0 Å². The molecular formula is C9H15N3O. The molecule has 1 unspecified atom stereocenters. The molecule has 1 rings (SSSR count). The zero-order valence-corrected chi connectivity index (χ0v) is 8.08. The van der Waals surface area contributed by atoms with Crippen molar-refractivity contribution in [2.75, 3.05) is 14.2 Å². The fourth-order valence-electron chi connectivity index (χ4n) is 1.41. The molecule has 0 aliphatic heterocycles. The third-order valence-corrected chi connectivity index (χ3v) is 2.23. The minimum atomic E-state index is 0.0451. The first-order valence-corrected chi connectivity index (χ1v) is 4.18. The normalized spacial score (nSPS) is 22.2. The molecule has 4 heteroatoms. The molecule has 1 aliphatic rings. The van der Waals surface area contributed by atoms with E-state index >= 15 is 0 Å². The molecule has 0 radical (unpaired) electrons. The summed E-state index contributed by atoms with van der Waals surface area (Å²) in [5.74, 6) is 0.880. The maximum atomic E-state index is 7.56. The van der Waals surface area contributed by atoms with Crippen LogP contribution in [0.15, 0.2) is 16.9 Å². The molecule has 0 saturated carbocycles. The van der Waals surface area contributed by atoms with Crippen LogP contribution in [0, 0.1) is 5.41 Å². The zero-order chi connectivity index (χ0) is 9.84. The molecule has 4 nitrogen and oxygen atoms in total. The molecule has 1 aliphatic carbocycles. The van der Waals surface area contributed by atoms with Crippen molar-refractivity contribution in [2.45, 2.75) is 18.9 Å². The van der Waals surface area contributed by atoms with Crippen LogP contribution in [0.4, 0.5) is 0 Å². The first-order valence-electron chi connectivity index (χ1n) is 4.18. The first-order chi connectivity index (χ1) is 6.19. The lowest BCUT2D eigenvalue weighted by Gasteiger charge is -2.29. The number of nitrogens with one attached hydrogen (secondary N) is 1. The molecule has 0 spiro atoms. The molecule has 0 aromatic heterocycles. The third-order valence-electron chi connectivity index (χ3n) is 2.23. The van der Waals surface area contributed by atoms with E-state index < -0.39 is 0 Å². The lowest BCUT2D eigenvalue weighted by molar-refractivity contribution is 0.179. The molecule has 1 N–H and O–H groups in total. The average Bonchev–Trinajstić information content (AvgIpc) is 2.16. The van der Waals surface area contributed by atoms with E-state index in [0.717, 1.165) is 5.76 Å². The number of methoxy groups -OCH3 is 1. The van der Waals surface area contributed by atoms with Gasteiger partial charge in [-0.1, -0.05) is 0 Å². The van der Waals surface area contributed by atoms with Gasteiger partial charge in [0.25, 0.3) is 0 Å². The van der Waals surface area contributed by atoms with Crippen molar-refractivity contribution in [1.29, 1.82) is 5.41 Å². The van der Waals surface area contributed by atoms with Gasteiger partial charge in [0.15, 0.2) is 0 Å². The van der Waals surface area contributed by atoms with Gasteiger partial charge < -0.3 is 10.1 Å². The zero-order valence-electron chi connectivity index (χ0n) is 8.08. The minimum Gasteiger partial charge on any atom is -0.499 e. The van der Waals surface area contributed by atoms with E-state index in [-0.39, 0.29) is 6.04 Å². The summed E-state index contributed by atoms with van der Waals surface area (Å²) in [5, 5.41) is 13.1. The number of hydrogen-bond acceptors (Lipinski definition) is 4. The fourth-order valence-corrected chi connectivity index (χ4v) is 1.41. The van der Waals surface area contributed by atoms with Gasteiger partial charge in [-0.15, -0.1) is 0 Å². The second-order valence-electron chi connectivity index (χ2n) is 3.05. The van der Waals surface area contributed by atoms with Crippen molar-refractivity contribution in [3.8, 4) is 0 Å². The van der Waals surface area contributed by atoms with Gasteiger partial charge in [-0.05, 0) is 6.08 Å². The molecule has 72 valence electrons. The maximum Gasteiger partial charge on any atom is 0.116 e. The highest BCUT2D eigenvalue weighted by Crippen LogP contribution is 2.20. The molecule has 0 heterocycles. The molecular weight excluding hydrogens is 166 g/mol. The SMILES string of the molecule is C=NN(C)C1CC(=N)CC=C1OC. The lowest BCUT2D eigenvalue weighted by Crippen LogP contribution is -2.34.